The number of nitrogens with one attached hydrogen (secondary N) is 1. The number of benzene rings is 1. The third-order valence-electron chi connectivity index (χ3n) is 5.62. The van der Waals surface area contributed by atoms with Crippen LogP contribution in [0, 0.1) is 5.92 Å². The highest BCUT2D eigenvalue weighted by Crippen LogP contribution is 2.30. The first kappa shape index (κ1) is 22.5. The van der Waals surface area contributed by atoms with Crippen molar-refractivity contribution in [3.05, 3.63) is 24.0 Å². The maximum absolute atomic E-state index is 12.5. The lowest BCUT2D eigenvalue weighted by Gasteiger charge is -2.21. The van der Waals surface area contributed by atoms with E-state index < -0.39 is 0 Å². The van der Waals surface area contributed by atoms with Crippen LogP contribution in [0.25, 0.3) is 0 Å². The molecule has 0 radical (unpaired) electrons. The quantitative estimate of drug-likeness (QED) is 0.555. The number of hydrogen-bond acceptors (Lipinski definition) is 6. The molecule has 1 aliphatic rings. The molecule has 2 aromatic rings. The van der Waals surface area contributed by atoms with Crippen molar-refractivity contribution in [1.29, 1.82) is 0 Å². The fourth-order valence-electron chi connectivity index (χ4n) is 3.97. The summed E-state index contributed by atoms with van der Waals surface area (Å²) in [4.78, 5) is 12.5. The van der Waals surface area contributed by atoms with Crippen LogP contribution in [0.4, 0.5) is 5.69 Å². The molecule has 3 rings (SSSR count). The Morgan fingerprint density at radius 2 is 2.00 bits per heavy atom. The molecule has 1 saturated carbocycles. The number of rotatable bonds is 10. The molecule has 164 valence electrons. The lowest BCUT2D eigenvalue weighted by molar-refractivity contribution is -0.113. The first-order valence-corrected chi connectivity index (χ1v) is 11.7. The van der Waals surface area contributed by atoms with Gasteiger partial charge in [0, 0.05) is 19.0 Å². The SMILES string of the molecule is CCn1c(CCC2CCCCC2)nnc1SCC(=O)Nc1cc(OC)ccc1OC. The average Bonchev–Trinajstić information content (AvgIpc) is 3.18. The summed E-state index contributed by atoms with van der Waals surface area (Å²) in [5.74, 6) is 3.23. The van der Waals surface area contributed by atoms with Crippen molar-refractivity contribution in [2.45, 2.75) is 63.6 Å². The lowest BCUT2D eigenvalue weighted by atomic mass is 9.86. The fraction of sp³-hybridized carbons (Fsp3) is 0.591. The zero-order chi connectivity index (χ0) is 21.3. The Balaban J connectivity index is 1.56. The number of anilines is 1. The second kappa shape index (κ2) is 11.2. The second-order valence-corrected chi connectivity index (χ2v) is 8.53. The van der Waals surface area contributed by atoms with Crippen molar-refractivity contribution in [1.82, 2.24) is 14.8 Å². The van der Waals surface area contributed by atoms with Gasteiger partial charge in [-0.1, -0.05) is 43.9 Å². The predicted octanol–water partition coefficient (Wildman–Crippen LogP) is 4.56. The van der Waals surface area contributed by atoms with Gasteiger partial charge in [-0.2, -0.15) is 0 Å². The Labute approximate surface area is 182 Å². The van der Waals surface area contributed by atoms with Gasteiger partial charge < -0.3 is 19.4 Å². The van der Waals surface area contributed by atoms with E-state index in [-0.39, 0.29) is 11.7 Å². The van der Waals surface area contributed by atoms with Crippen LogP contribution in [0.15, 0.2) is 23.4 Å². The summed E-state index contributed by atoms with van der Waals surface area (Å²) in [5.41, 5.74) is 0.590. The number of carbonyl (C=O) groups excluding carboxylic acids is 1. The number of aromatic nitrogens is 3. The van der Waals surface area contributed by atoms with Crippen LogP contribution in [0.1, 0.15) is 51.3 Å². The molecule has 0 saturated heterocycles. The summed E-state index contributed by atoms with van der Waals surface area (Å²) in [6.07, 6.45) is 8.93. The summed E-state index contributed by atoms with van der Waals surface area (Å²) in [7, 11) is 3.16. The number of ether oxygens (including phenoxy) is 2. The van der Waals surface area contributed by atoms with E-state index in [2.05, 4.69) is 27.0 Å². The highest BCUT2D eigenvalue weighted by atomic mass is 32.2. The zero-order valence-corrected chi connectivity index (χ0v) is 19.0. The largest absolute Gasteiger partial charge is 0.497 e. The summed E-state index contributed by atoms with van der Waals surface area (Å²) < 4.78 is 12.7. The maximum atomic E-state index is 12.5. The number of aryl methyl sites for hydroxylation is 1. The first-order valence-electron chi connectivity index (χ1n) is 10.7. The Kier molecular flexibility index (Phi) is 8.42. The summed E-state index contributed by atoms with van der Waals surface area (Å²) in [6, 6.07) is 5.31. The summed E-state index contributed by atoms with van der Waals surface area (Å²) >= 11 is 1.41. The minimum atomic E-state index is -0.124. The number of hydrogen-bond donors (Lipinski definition) is 1. The van der Waals surface area contributed by atoms with Crippen molar-refractivity contribution in [3.63, 3.8) is 0 Å². The molecule has 1 fully saturated rings. The van der Waals surface area contributed by atoms with E-state index in [0.29, 0.717) is 17.2 Å². The highest BCUT2D eigenvalue weighted by molar-refractivity contribution is 7.99. The van der Waals surface area contributed by atoms with Gasteiger partial charge in [-0.25, -0.2) is 0 Å². The van der Waals surface area contributed by atoms with Crippen molar-refractivity contribution in [3.8, 4) is 11.5 Å². The van der Waals surface area contributed by atoms with Crippen LogP contribution < -0.4 is 14.8 Å². The van der Waals surface area contributed by atoms with Gasteiger partial charge in [0.25, 0.3) is 0 Å². The lowest BCUT2D eigenvalue weighted by Crippen LogP contribution is -2.15. The highest BCUT2D eigenvalue weighted by Gasteiger charge is 2.18. The van der Waals surface area contributed by atoms with Crippen LogP contribution in [0.5, 0.6) is 11.5 Å². The van der Waals surface area contributed by atoms with E-state index in [1.165, 1.54) is 50.3 Å². The van der Waals surface area contributed by atoms with Crippen molar-refractivity contribution in [2.75, 3.05) is 25.3 Å². The van der Waals surface area contributed by atoms with E-state index in [0.717, 1.165) is 29.9 Å². The van der Waals surface area contributed by atoms with Crippen LogP contribution >= 0.6 is 11.8 Å². The molecule has 0 atom stereocenters. The Hall–Kier alpha value is -2.22. The minimum absolute atomic E-state index is 0.124. The Bertz CT molecular complexity index is 834. The molecule has 1 heterocycles. The van der Waals surface area contributed by atoms with Gasteiger partial charge in [0.15, 0.2) is 5.16 Å². The number of thioether (sulfide) groups is 1. The van der Waals surface area contributed by atoms with E-state index in [4.69, 9.17) is 9.47 Å². The van der Waals surface area contributed by atoms with Crippen molar-refractivity contribution < 1.29 is 14.3 Å². The topological polar surface area (TPSA) is 78.3 Å². The van der Waals surface area contributed by atoms with Crippen LogP contribution in [0.3, 0.4) is 0 Å². The van der Waals surface area contributed by atoms with Crippen LogP contribution in [-0.2, 0) is 17.8 Å². The minimum Gasteiger partial charge on any atom is -0.497 e. The van der Waals surface area contributed by atoms with Crippen molar-refractivity contribution in [2.24, 2.45) is 5.92 Å². The summed E-state index contributed by atoms with van der Waals surface area (Å²) in [6.45, 7) is 2.90. The molecule has 30 heavy (non-hydrogen) atoms. The summed E-state index contributed by atoms with van der Waals surface area (Å²) in [5, 5.41) is 12.4. The van der Waals surface area contributed by atoms with Gasteiger partial charge in [0.2, 0.25) is 5.91 Å². The van der Waals surface area contributed by atoms with Gasteiger partial charge >= 0.3 is 0 Å². The standard InChI is InChI=1S/C22H32N4O3S/c1-4-26-20(13-10-16-8-6-5-7-9-16)24-25-22(26)30-15-21(27)23-18-14-17(28-2)11-12-19(18)29-3/h11-12,14,16H,4-10,13,15H2,1-3H3,(H,23,27). The normalized spacial score (nSPS) is 14.5. The molecule has 0 unspecified atom stereocenters. The molecule has 0 spiro atoms. The number of methoxy groups -OCH3 is 2. The third-order valence-corrected chi connectivity index (χ3v) is 6.59. The van der Waals surface area contributed by atoms with Gasteiger partial charge in [-0.3, -0.25) is 4.79 Å². The second-order valence-electron chi connectivity index (χ2n) is 7.59. The van der Waals surface area contributed by atoms with E-state index in [1.807, 2.05) is 0 Å². The Morgan fingerprint density at radius 3 is 2.70 bits per heavy atom. The molecule has 1 aromatic carbocycles. The smallest absolute Gasteiger partial charge is 0.234 e. The maximum Gasteiger partial charge on any atom is 0.234 e. The zero-order valence-electron chi connectivity index (χ0n) is 18.1. The van der Waals surface area contributed by atoms with E-state index in [1.54, 1.807) is 32.4 Å². The molecular weight excluding hydrogens is 400 g/mol. The Morgan fingerprint density at radius 1 is 1.20 bits per heavy atom. The molecule has 1 aliphatic carbocycles. The molecule has 1 amide bonds. The van der Waals surface area contributed by atoms with Crippen LogP contribution in [-0.4, -0.2) is 40.6 Å². The fourth-order valence-corrected chi connectivity index (χ4v) is 4.79. The van der Waals surface area contributed by atoms with Crippen molar-refractivity contribution >= 4 is 23.4 Å². The monoisotopic (exact) mass is 432 g/mol. The molecule has 0 bridgehead atoms. The van der Waals surface area contributed by atoms with Gasteiger partial charge in [0.1, 0.15) is 17.3 Å². The average molecular weight is 433 g/mol. The van der Waals surface area contributed by atoms with E-state index >= 15 is 0 Å². The van der Waals surface area contributed by atoms with Gasteiger partial charge in [-0.05, 0) is 31.4 Å². The molecule has 7 nitrogen and oxygen atoms in total. The number of carbonyl (C=O) groups is 1. The first-order chi connectivity index (χ1) is 14.6. The third kappa shape index (κ3) is 5.90. The number of amides is 1. The van der Waals surface area contributed by atoms with E-state index in [9.17, 15) is 4.79 Å². The molecule has 1 N–H and O–H groups in total. The molecular formula is C22H32N4O3S. The van der Waals surface area contributed by atoms with Gasteiger partial charge in [0.05, 0.1) is 25.7 Å². The molecule has 1 aromatic heterocycles. The molecule has 8 heteroatoms. The van der Waals surface area contributed by atoms with Gasteiger partial charge in [-0.15, -0.1) is 10.2 Å². The van der Waals surface area contributed by atoms with Crippen LogP contribution in [0.2, 0.25) is 0 Å². The predicted molar refractivity (Wildman–Crippen MR) is 119 cm³/mol. The number of nitrogens with zero attached hydrogens (tertiary/aromatic N) is 3. The molecule has 0 aliphatic heterocycles.